The van der Waals surface area contributed by atoms with Crippen molar-refractivity contribution in [2.75, 3.05) is 5.73 Å². The van der Waals surface area contributed by atoms with Crippen molar-refractivity contribution in [1.29, 1.82) is 0 Å². The van der Waals surface area contributed by atoms with Crippen LogP contribution in [0.4, 0.5) is 5.69 Å². The third-order valence-electron chi connectivity index (χ3n) is 2.84. The monoisotopic (exact) mass is 215 g/mol. The summed E-state index contributed by atoms with van der Waals surface area (Å²) in [6.45, 7) is 11.9. The Labute approximate surface area is 96.4 Å². The molecule has 2 heteroatoms. The maximum absolute atomic E-state index is 5.96. The Hall–Kier alpha value is -1.54. The second-order valence-corrected chi connectivity index (χ2v) is 4.48. The van der Waals surface area contributed by atoms with E-state index in [1.807, 2.05) is 32.0 Å². The summed E-state index contributed by atoms with van der Waals surface area (Å²) in [6.07, 6.45) is -0.0856. The van der Waals surface area contributed by atoms with E-state index in [0.29, 0.717) is 0 Å². The summed E-state index contributed by atoms with van der Waals surface area (Å²) in [5.41, 5.74) is 10.9. The van der Waals surface area contributed by atoms with Crippen molar-refractivity contribution >= 4 is 5.69 Å². The third-order valence-corrected chi connectivity index (χ3v) is 2.84. The van der Waals surface area contributed by atoms with Gasteiger partial charge in [-0.1, -0.05) is 19.2 Å². The van der Waals surface area contributed by atoms with Crippen molar-refractivity contribution in [2.45, 2.75) is 26.1 Å². The predicted molar refractivity (Wildman–Crippen MR) is 67.0 cm³/mol. The lowest BCUT2D eigenvalue weighted by Crippen LogP contribution is -1.99. The lowest BCUT2D eigenvalue weighted by Gasteiger charge is -2.14. The minimum absolute atomic E-state index is 0.0303. The van der Waals surface area contributed by atoms with E-state index in [4.69, 9.17) is 10.5 Å². The number of hydrogen-bond donors (Lipinski definition) is 1. The summed E-state index contributed by atoms with van der Waals surface area (Å²) in [5.74, 6) is 0. The Bertz CT molecular complexity index is 462. The van der Waals surface area contributed by atoms with Gasteiger partial charge in [0.15, 0.2) is 0 Å². The molecule has 0 saturated carbocycles. The summed E-state index contributed by atoms with van der Waals surface area (Å²) in [5, 5.41) is 0. The third kappa shape index (κ3) is 1.65. The molecule has 1 aromatic carbocycles. The average Bonchev–Trinajstić information content (AvgIpc) is 2.56. The second-order valence-electron chi connectivity index (χ2n) is 4.48. The molecule has 16 heavy (non-hydrogen) atoms. The molecule has 2 atom stereocenters. The van der Waals surface area contributed by atoms with Crippen molar-refractivity contribution in [2.24, 2.45) is 0 Å². The minimum atomic E-state index is -0.0554. The highest BCUT2D eigenvalue weighted by molar-refractivity contribution is 5.51. The second kappa shape index (κ2) is 3.80. The Morgan fingerprint density at radius 2 is 1.69 bits per heavy atom. The molecular formula is C14H17NO. The van der Waals surface area contributed by atoms with Gasteiger partial charge in [0.2, 0.25) is 0 Å². The zero-order valence-electron chi connectivity index (χ0n) is 9.79. The highest BCUT2D eigenvalue weighted by Crippen LogP contribution is 2.45. The van der Waals surface area contributed by atoms with Crippen molar-refractivity contribution in [1.82, 2.24) is 0 Å². The van der Waals surface area contributed by atoms with Gasteiger partial charge in [0.25, 0.3) is 0 Å². The molecule has 0 radical (unpaired) electrons. The van der Waals surface area contributed by atoms with E-state index in [2.05, 4.69) is 13.2 Å². The van der Waals surface area contributed by atoms with E-state index in [1.54, 1.807) is 0 Å². The van der Waals surface area contributed by atoms with E-state index < -0.39 is 0 Å². The standard InChI is InChI=1S/C14H17NO/c1-8(2)13-11-6-5-10(15)7-12(11)14(16-13)9(3)4/h5-7,13-14H,1,3,15H2,2,4H3. The first-order valence-electron chi connectivity index (χ1n) is 5.36. The lowest BCUT2D eigenvalue weighted by atomic mass is 9.96. The van der Waals surface area contributed by atoms with Gasteiger partial charge in [0.05, 0.1) is 0 Å². The molecule has 1 heterocycles. The van der Waals surface area contributed by atoms with E-state index in [1.165, 1.54) is 0 Å². The van der Waals surface area contributed by atoms with Crippen LogP contribution in [0.2, 0.25) is 0 Å². The Morgan fingerprint density at radius 3 is 2.25 bits per heavy atom. The van der Waals surface area contributed by atoms with E-state index in [0.717, 1.165) is 28.0 Å². The number of rotatable bonds is 2. The van der Waals surface area contributed by atoms with Crippen molar-refractivity contribution < 1.29 is 4.74 Å². The van der Waals surface area contributed by atoms with Crippen LogP contribution in [0.25, 0.3) is 0 Å². The molecule has 0 aromatic heterocycles. The number of fused-ring (bicyclic) bond motifs is 1. The number of benzene rings is 1. The molecule has 0 aliphatic carbocycles. The quantitative estimate of drug-likeness (QED) is 0.605. The molecule has 0 saturated heterocycles. The Morgan fingerprint density at radius 1 is 1.12 bits per heavy atom. The van der Waals surface area contributed by atoms with Gasteiger partial charge >= 0.3 is 0 Å². The van der Waals surface area contributed by atoms with Crippen LogP contribution in [0, 0.1) is 0 Å². The molecule has 1 aliphatic heterocycles. The van der Waals surface area contributed by atoms with Gasteiger partial charge in [-0.15, -0.1) is 0 Å². The van der Waals surface area contributed by atoms with Crippen LogP contribution in [0.15, 0.2) is 42.5 Å². The predicted octanol–water partition coefficient (Wildman–Crippen LogP) is 3.53. The van der Waals surface area contributed by atoms with Crippen LogP contribution in [0.1, 0.15) is 37.2 Å². The number of anilines is 1. The molecule has 2 nitrogen and oxygen atoms in total. The first-order valence-corrected chi connectivity index (χ1v) is 5.36. The molecule has 84 valence electrons. The summed E-state index contributed by atoms with van der Waals surface area (Å²) in [4.78, 5) is 0. The van der Waals surface area contributed by atoms with Crippen LogP contribution in [-0.4, -0.2) is 0 Å². The molecule has 1 aromatic rings. The summed E-state index contributed by atoms with van der Waals surface area (Å²) in [7, 11) is 0. The normalized spacial score (nSPS) is 22.9. The minimum Gasteiger partial charge on any atom is -0.399 e. The summed E-state index contributed by atoms with van der Waals surface area (Å²) in [6, 6.07) is 5.89. The number of nitrogens with two attached hydrogens (primary N) is 1. The van der Waals surface area contributed by atoms with Gasteiger partial charge in [-0.25, -0.2) is 0 Å². The summed E-state index contributed by atoms with van der Waals surface area (Å²) < 4.78 is 5.96. The van der Waals surface area contributed by atoms with Crippen molar-refractivity contribution in [3.8, 4) is 0 Å². The number of hydrogen-bond acceptors (Lipinski definition) is 2. The van der Waals surface area contributed by atoms with Gasteiger partial charge in [0, 0.05) is 5.69 Å². The van der Waals surface area contributed by atoms with Crippen LogP contribution < -0.4 is 5.73 Å². The van der Waals surface area contributed by atoms with Crippen LogP contribution >= 0.6 is 0 Å². The van der Waals surface area contributed by atoms with Gasteiger partial charge < -0.3 is 10.5 Å². The van der Waals surface area contributed by atoms with Gasteiger partial charge in [0.1, 0.15) is 12.2 Å². The fourth-order valence-corrected chi connectivity index (χ4v) is 2.10. The number of ether oxygens (including phenoxy) is 1. The van der Waals surface area contributed by atoms with E-state index in [9.17, 15) is 0 Å². The van der Waals surface area contributed by atoms with Crippen LogP contribution in [0.5, 0.6) is 0 Å². The SMILES string of the molecule is C=C(C)C1OC(C(=C)C)c2cc(N)ccc21. The highest BCUT2D eigenvalue weighted by Gasteiger charge is 2.32. The smallest absolute Gasteiger partial charge is 0.105 e. The zero-order chi connectivity index (χ0) is 11.9. The lowest BCUT2D eigenvalue weighted by molar-refractivity contribution is 0.0540. The maximum Gasteiger partial charge on any atom is 0.105 e. The van der Waals surface area contributed by atoms with Crippen LogP contribution in [0.3, 0.4) is 0 Å². The molecule has 0 fully saturated rings. The van der Waals surface area contributed by atoms with Crippen molar-refractivity contribution in [3.05, 3.63) is 53.6 Å². The first kappa shape index (κ1) is 11.0. The molecule has 2 N–H and O–H groups in total. The molecule has 2 unspecified atom stereocenters. The van der Waals surface area contributed by atoms with Gasteiger partial charge in [-0.2, -0.15) is 0 Å². The van der Waals surface area contributed by atoms with E-state index in [-0.39, 0.29) is 12.2 Å². The first-order chi connectivity index (χ1) is 7.50. The molecule has 0 bridgehead atoms. The number of nitrogen functional groups attached to an aromatic ring is 1. The summed E-state index contributed by atoms with van der Waals surface area (Å²) >= 11 is 0. The van der Waals surface area contributed by atoms with Gasteiger partial charge in [-0.05, 0) is 48.3 Å². The Kier molecular flexibility index (Phi) is 2.60. The average molecular weight is 215 g/mol. The molecule has 2 rings (SSSR count). The molecule has 0 amide bonds. The zero-order valence-corrected chi connectivity index (χ0v) is 9.79. The largest absolute Gasteiger partial charge is 0.399 e. The maximum atomic E-state index is 5.96. The fourth-order valence-electron chi connectivity index (χ4n) is 2.10. The van der Waals surface area contributed by atoms with E-state index >= 15 is 0 Å². The topological polar surface area (TPSA) is 35.2 Å². The van der Waals surface area contributed by atoms with Crippen LogP contribution in [-0.2, 0) is 4.74 Å². The fraction of sp³-hybridized carbons (Fsp3) is 0.286. The van der Waals surface area contributed by atoms with Gasteiger partial charge in [-0.3, -0.25) is 0 Å². The molecule has 0 spiro atoms. The van der Waals surface area contributed by atoms with Crippen molar-refractivity contribution in [3.63, 3.8) is 0 Å². The molecule has 1 aliphatic rings. The highest BCUT2D eigenvalue weighted by atomic mass is 16.5. The molecular weight excluding hydrogens is 198 g/mol. The Balaban J connectivity index is 2.52.